The fourth-order valence-corrected chi connectivity index (χ4v) is 3.07. The first kappa shape index (κ1) is 18.5. The molecular weight excluding hydrogens is 395 g/mol. The lowest BCUT2D eigenvalue weighted by molar-refractivity contribution is -0.115. The zero-order valence-corrected chi connectivity index (χ0v) is 16.0. The Morgan fingerprint density at radius 2 is 1.85 bits per heavy atom. The molecule has 0 aromatic heterocycles. The van der Waals surface area contributed by atoms with Gasteiger partial charge in [0.1, 0.15) is 12.3 Å². The highest BCUT2D eigenvalue weighted by Gasteiger charge is 2.20. The molecule has 2 aromatic carbocycles. The lowest BCUT2D eigenvalue weighted by Gasteiger charge is -2.13. The van der Waals surface area contributed by atoms with Crippen LogP contribution in [0.3, 0.4) is 0 Å². The van der Waals surface area contributed by atoms with Crippen molar-refractivity contribution in [2.75, 3.05) is 7.11 Å². The minimum absolute atomic E-state index is 0.202. The molecule has 1 amide bonds. The van der Waals surface area contributed by atoms with Crippen LogP contribution in [-0.4, -0.2) is 18.1 Å². The van der Waals surface area contributed by atoms with Crippen LogP contribution in [0.2, 0.25) is 10.0 Å². The molecule has 134 valence electrons. The van der Waals surface area contributed by atoms with E-state index >= 15 is 0 Å². The third-order valence-electron chi connectivity index (χ3n) is 3.65. The second-order valence-electron chi connectivity index (χ2n) is 5.37. The van der Waals surface area contributed by atoms with Gasteiger partial charge in [-0.25, -0.2) is 0 Å². The van der Waals surface area contributed by atoms with E-state index in [2.05, 4.69) is 10.6 Å². The second kappa shape index (κ2) is 7.95. The number of rotatable bonds is 5. The number of hydrogen-bond donors (Lipinski definition) is 2. The number of halogens is 2. The van der Waals surface area contributed by atoms with Crippen LogP contribution in [0.4, 0.5) is 0 Å². The Bertz CT molecular complexity index is 895. The number of hydrogen-bond acceptors (Lipinski definition) is 4. The summed E-state index contributed by atoms with van der Waals surface area (Å²) in [7, 11) is 1.54. The zero-order chi connectivity index (χ0) is 18.7. The minimum Gasteiger partial charge on any atom is -0.493 e. The number of thiocarbonyl (C=S) groups is 1. The molecule has 1 aliphatic rings. The molecule has 26 heavy (non-hydrogen) atoms. The molecule has 0 aliphatic carbocycles. The van der Waals surface area contributed by atoms with E-state index < -0.39 is 0 Å². The standard InChI is InChI=1S/C18H14Cl2N2O3S/c1-24-16-8-10(7-14-17(23)22-18(26)21-14)5-6-15(16)25-9-11-12(19)3-2-4-13(11)20/h2-8H,9H2,1H3,(H2,21,22,23,26)/b14-7+. The maximum absolute atomic E-state index is 11.7. The summed E-state index contributed by atoms with van der Waals surface area (Å²) in [5.74, 6) is 0.774. The first-order valence-electron chi connectivity index (χ1n) is 7.55. The third-order valence-corrected chi connectivity index (χ3v) is 4.56. The monoisotopic (exact) mass is 408 g/mol. The van der Waals surface area contributed by atoms with Crippen molar-refractivity contribution in [1.82, 2.24) is 10.6 Å². The SMILES string of the molecule is COc1cc(/C=C2/NC(=S)NC2=O)ccc1OCc1c(Cl)cccc1Cl. The van der Waals surface area contributed by atoms with Crippen LogP contribution in [0, 0.1) is 0 Å². The van der Waals surface area contributed by atoms with Crippen LogP contribution in [0.5, 0.6) is 11.5 Å². The molecule has 5 nitrogen and oxygen atoms in total. The average molecular weight is 409 g/mol. The number of carbonyl (C=O) groups excluding carboxylic acids is 1. The van der Waals surface area contributed by atoms with Gasteiger partial charge in [-0.2, -0.15) is 0 Å². The molecule has 1 heterocycles. The van der Waals surface area contributed by atoms with Crippen LogP contribution in [-0.2, 0) is 11.4 Å². The van der Waals surface area contributed by atoms with Crippen molar-refractivity contribution < 1.29 is 14.3 Å². The predicted octanol–water partition coefficient (Wildman–Crippen LogP) is 3.93. The Hall–Kier alpha value is -2.28. The average Bonchev–Trinajstić information content (AvgIpc) is 2.92. The summed E-state index contributed by atoms with van der Waals surface area (Å²) in [5, 5.41) is 6.65. The molecule has 0 spiro atoms. The highest BCUT2D eigenvalue weighted by atomic mass is 35.5. The van der Waals surface area contributed by atoms with Crippen LogP contribution in [0.1, 0.15) is 11.1 Å². The molecule has 0 saturated carbocycles. The van der Waals surface area contributed by atoms with Crippen molar-refractivity contribution in [2.45, 2.75) is 6.61 Å². The van der Waals surface area contributed by atoms with Crippen molar-refractivity contribution >= 4 is 52.5 Å². The van der Waals surface area contributed by atoms with Gasteiger partial charge in [0.15, 0.2) is 16.6 Å². The quantitative estimate of drug-likeness (QED) is 0.579. The Morgan fingerprint density at radius 3 is 2.46 bits per heavy atom. The Morgan fingerprint density at radius 1 is 1.12 bits per heavy atom. The van der Waals surface area contributed by atoms with Crippen LogP contribution in [0.15, 0.2) is 42.1 Å². The van der Waals surface area contributed by atoms with E-state index in [-0.39, 0.29) is 17.6 Å². The predicted molar refractivity (Wildman–Crippen MR) is 106 cm³/mol. The summed E-state index contributed by atoms with van der Waals surface area (Å²) in [5.41, 5.74) is 1.82. The summed E-state index contributed by atoms with van der Waals surface area (Å²) in [4.78, 5) is 11.7. The molecule has 3 rings (SSSR count). The van der Waals surface area contributed by atoms with Gasteiger partial charge < -0.3 is 14.8 Å². The van der Waals surface area contributed by atoms with Gasteiger partial charge in [0.05, 0.1) is 7.11 Å². The summed E-state index contributed by atoms with van der Waals surface area (Å²) < 4.78 is 11.2. The van der Waals surface area contributed by atoms with Gasteiger partial charge in [0, 0.05) is 15.6 Å². The first-order valence-corrected chi connectivity index (χ1v) is 8.72. The fourth-order valence-electron chi connectivity index (χ4n) is 2.36. The lowest BCUT2D eigenvalue weighted by atomic mass is 10.1. The zero-order valence-electron chi connectivity index (χ0n) is 13.6. The fraction of sp³-hybridized carbons (Fsp3) is 0.111. The Labute approximate surface area is 165 Å². The second-order valence-corrected chi connectivity index (χ2v) is 6.59. The highest BCUT2D eigenvalue weighted by molar-refractivity contribution is 7.80. The molecule has 1 aliphatic heterocycles. The molecule has 8 heteroatoms. The molecule has 2 N–H and O–H groups in total. The number of methoxy groups -OCH3 is 1. The number of benzene rings is 2. The van der Waals surface area contributed by atoms with Crippen LogP contribution >= 0.6 is 35.4 Å². The van der Waals surface area contributed by atoms with Crippen molar-refractivity contribution in [2.24, 2.45) is 0 Å². The normalized spacial score (nSPS) is 15.0. The minimum atomic E-state index is -0.275. The van der Waals surface area contributed by atoms with Gasteiger partial charge in [-0.3, -0.25) is 10.1 Å². The van der Waals surface area contributed by atoms with Gasteiger partial charge in [-0.1, -0.05) is 35.3 Å². The number of ether oxygens (including phenoxy) is 2. The van der Waals surface area contributed by atoms with Gasteiger partial charge in [-0.05, 0) is 48.1 Å². The first-order chi connectivity index (χ1) is 12.5. The van der Waals surface area contributed by atoms with E-state index in [4.69, 9.17) is 44.9 Å². The van der Waals surface area contributed by atoms with Crippen molar-refractivity contribution in [3.05, 3.63) is 63.3 Å². The van der Waals surface area contributed by atoms with E-state index in [1.165, 1.54) is 7.11 Å². The van der Waals surface area contributed by atoms with Gasteiger partial charge >= 0.3 is 0 Å². The van der Waals surface area contributed by atoms with Gasteiger partial charge in [-0.15, -0.1) is 0 Å². The Kier molecular flexibility index (Phi) is 5.66. The van der Waals surface area contributed by atoms with Crippen molar-refractivity contribution in [3.63, 3.8) is 0 Å². The smallest absolute Gasteiger partial charge is 0.273 e. The summed E-state index contributed by atoms with van der Waals surface area (Å²) in [6.45, 7) is 0.202. The topological polar surface area (TPSA) is 59.6 Å². The van der Waals surface area contributed by atoms with Gasteiger partial charge in [0.2, 0.25) is 0 Å². The molecule has 0 radical (unpaired) electrons. The third kappa shape index (κ3) is 4.09. The van der Waals surface area contributed by atoms with Crippen LogP contribution in [0.25, 0.3) is 6.08 Å². The highest BCUT2D eigenvalue weighted by Crippen LogP contribution is 2.32. The van der Waals surface area contributed by atoms with E-state index in [9.17, 15) is 4.79 Å². The van der Waals surface area contributed by atoms with E-state index in [1.54, 1.807) is 42.5 Å². The van der Waals surface area contributed by atoms with Crippen molar-refractivity contribution in [3.8, 4) is 11.5 Å². The maximum atomic E-state index is 11.7. The van der Waals surface area contributed by atoms with Crippen LogP contribution < -0.4 is 20.1 Å². The van der Waals surface area contributed by atoms with Gasteiger partial charge in [0.25, 0.3) is 5.91 Å². The molecule has 0 bridgehead atoms. The molecular formula is C18H14Cl2N2O3S. The van der Waals surface area contributed by atoms with E-state index in [1.807, 2.05) is 0 Å². The van der Waals surface area contributed by atoms with E-state index in [0.717, 1.165) is 5.56 Å². The van der Waals surface area contributed by atoms with Crippen molar-refractivity contribution in [1.29, 1.82) is 0 Å². The molecule has 0 unspecified atom stereocenters. The number of carbonyl (C=O) groups is 1. The molecule has 0 atom stereocenters. The Balaban J connectivity index is 1.80. The maximum Gasteiger partial charge on any atom is 0.273 e. The molecule has 1 saturated heterocycles. The summed E-state index contributed by atoms with van der Waals surface area (Å²) >= 11 is 17.2. The lowest BCUT2D eigenvalue weighted by Crippen LogP contribution is -2.21. The van der Waals surface area contributed by atoms with E-state index in [0.29, 0.717) is 32.8 Å². The summed E-state index contributed by atoms with van der Waals surface area (Å²) in [6.07, 6.45) is 1.67. The molecule has 2 aromatic rings. The largest absolute Gasteiger partial charge is 0.493 e. The number of nitrogens with one attached hydrogen (secondary N) is 2. The number of amides is 1. The summed E-state index contributed by atoms with van der Waals surface area (Å²) in [6, 6.07) is 10.6. The molecule has 1 fully saturated rings.